The molecule has 3 aromatic heterocycles. The van der Waals surface area contributed by atoms with Crippen LogP contribution in [0.1, 0.15) is 147 Å². The first-order valence-corrected chi connectivity index (χ1v) is 48.0. The summed E-state index contributed by atoms with van der Waals surface area (Å²) in [5, 5.41) is 72.5. The number of carbonyl (C=O) groups is 17. The van der Waals surface area contributed by atoms with Crippen LogP contribution in [0.3, 0.4) is 0 Å². The van der Waals surface area contributed by atoms with Crippen LogP contribution >= 0.6 is 23.1 Å². The molecule has 0 spiro atoms. The molecule has 45 heteroatoms. The van der Waals surface area contributed by atoms with Crippen LogP contribution in [-0.2, 0) is 107 Å². The van der Waals surface area contributed by atoms with E-state index in [1.165, 1.54) is 81.1 Å². The summed E-state index contributed by atoms with van der Waals surface area (Å²) in [4.78, 5) is 268. The topological polar surface area (TPSA) is 646 Å². The highest BCUT2D eigenvalue weighted by atomic mass is 32.2. The monoisotopic (exact) mass is 1940 g/mol. The maximum absolute atomic E-state index is 15.9. The van der Waals surface area contributed by atoms with Gasteiger partial charge in [0.15, 0.2) is 17.9 Å². The standard InChI is InChI=1S/C92H129N23O20S2/c1-9-11-24-71-84(129)102-61(23-17-33-98-91(95)96)79(124)109-70(83(128)107-68(44-116)77(94)122)47-136-48-76(121)101-65(37-53-28-30-57(119)31-29-53)86(131)111(6)52(5)78(123)104-67(41-75(93)120)88(133)114-34-18-26-72(114)85(130)103-62(40-56-43-97-50-100-56)80(125)105-64(36-51(3)4)89(134)115-35-19-32-92(115,49-118)110-63(38-54-42-99-60-22-15-13-20-58(54)60)81(126)108-69(45-117)82(127)106-66(39-55-46-137-74-27-16-14-21-59(55)74)87(132)113(8)73(25-12-10-2)90(135)112(71)7/h13-16,20-22,27-31,42-43,46,49-52,61-73,99,110,116-117,119H,9-12,17-19,23-26,32-41,44-45,47-48H2,1-8H3,(H2,93,120)(H2,94,122)(H,97,100)(H,101,121)(H,102,129)(H,103,130)(H,104,123)(H,105,125)(H,106,127)(H,107,128)(H,108,126)(H,109,124)(H4,95,96,98)/t52-,61-,62-,63-,64-,65-,66-,67-,68-,69-,70?,71-,72-,73-,92?/m0/s1. The van der Waals surface area contributed by atoms with Crippen molar-refractivity contribution in [3.05, 3.63) is 119 Å². The lowest BCUT2D eigenvalue weighted by Gasteiger charge is -2.39. The second-order valence-electron chi connectivity index (χ2n) is 35.2. The molecule has 16 amide bonds. The number of imidazole rings is 1. The number of benzene rings is 3. The van der Waals surface area contributed by atoms with E-state index in [-0.39, 0.29) is 115 Å². The Morgan fingerprint density at radius 2 is 1.23 bits per heavy atom. The van der Waals surface area contributed by atoms with Gasteiger partial charge in [0.1, 0.15) is 84.3 Å². The van der Waals surface area contributed by atoms with Crippen molar-refractivity contribution in [3.8, 4) is 5.75 Å². The maximum Gasteiger partial charge on any atom is 0.246 e. The molecule has 3 aliphatic rings. The average Bonchev–Trinajstić information content (AvgIpc) is 1.65. The van der Waals surface area contributed by atoms with Crippen molar-refractivity contribution in [3.63, 3.8) is 0 Å². The summed E-state index contributed by atoms with van der Waals surface area (Å²) in [7, 11) is 3.91. The molecule has 137 heavy (non-hydrogen) atoms. The number of fused-ring (bicyclic) bond motifs is 4. The third kappa shape index (κ3) is 29.2. The number of aromatic nitrogens is 3. The fourth-order valence-electron chi connectivity index (χ4n) is 17.0. The first kappa shape index (κ1) is 108. The van der Waals surface area contributed by atoms with Gasteiger partial charge in [-0.15, -0.1) is 23.1 Å². The SMILES string of the molecule is CCCC[C@H]1C(=O)N(C)[C@@H](CCCC)C(=O)N[C@@H](CCCNC(=N)N)C(=O)NC(C(=O)N[C@@H](CO)C(N)=O)CSCC(=O)N[C@@H](Cc2ccc(O)cc2)C(=O)N(C)[C@@H](C)C(=O)N[C@@H](CC(N)=O)C(=O)N2CCC[C@H]2C(=O)N[C@@H](Cc2cnc[nH]2)C(=O)N[C@@H](CC(C)C)C(=O)N2CCCC2(C=O)N[C@@H](Cc2c[nH]c3ccccc23)C(=O)N[C@@H](CO)C(=O)N[C@@H](Cc2csc3ccccc23)C(=O)N1C. The number of H-pyrrole nitrogens is 2. The number of aliphatic hydroxyl groups excluding tert-OH is 2. The number of guanidine groups is 1. The number of rotatable bonds is 28. The number of para-hydroxylation sites is 1. The Bertz CT molecular complexity index is 5270. The van der Waals surface area contributed by atoms with Crippen molar-refractivity contribution in [1.82, 2.24) is 97.9 Å². The smallest absolute Gasteiger partial charge is 0.246 e. The number of primary amides is 2. The zero-order chi connectivity index (χ0) is 100. The van der Waals surface area contributed by atoms with Gasteiger partial charge in [-0.25, -0.2) is 4.98 Å². The number of aromatic hydroxyl groups is 1. The van der Waals surface area contributed by atoms with Crippen LogP contribution in [0.15, 0.2) is 96.9 Å². The van der Waals surface area contributed by atoms with Gasteiger partial charge >= 0.3 is 0 Å². The minimum absolute atomic E-state index is 0.00704. The Morgan fingerprint density at radius 1 is 0.620 bits per heavy atom. The number of phenolic OH excluding ortho intramolecular Hbond substituents is 1. The van der Waals surface area contributed by atoms with E-state index in [9.17, 15) is 58.5 Å². The lowest BCUT2D eigenvalue weighted by atomic mass is 9.98. The van der Waals surface area contributed by atoms with Crippen molar-refractivity contribution in [2.75, 3.05) is 65.5 Å². The number of thiophene rings is 1. The zero-order valence-corrected chi connectivity index (χ0v) is 79.8. The van der Waals surface area contributed by atoms with Crippen LogP contribution in [0.5, 0.6) is 5.75 Å². The number of phenols is 1. The normalized spacial score (nSPS) is 24.7. The molecule has 0 aliphatic carbocycles. The second kappa shape index (κ2) is 51.2. The number of hydrogen-bond donors (Lipinski definition) is 20. The Balaban J connectivity index is 1.12. The number of nitrogens with one attached hydrogen (secondary N) is 14. The quantitative estimate of drug-likeness (QED) is 0.0111. The molecular weight excluding hydrogens is 1810 g/mol. The van der Waals surface area contributed by atoms with Crippen molar-refractivity contribution in [1.29, 1.82) is 5.41 Å². The highest BCUT2D eigenvalue weighted by Crippen LogP contribution is 2.32. The largest absolute Gasteiger partial charge is 0.508 e. The summed E-state index contributed by atoms with van der Waals surface area (Å²) < 4.78 is 0.813. The van der Waals surface area contributed by atoms with E-state index in [2.05, 4.69) is 73.4 Å². The zero-order valence-electron chi connectivity index (χ0n) is 78.2. The highest BCUT2D eigenvalue weighted by molar-refractivity contribution is 8.00. The third-order valence-electron chi connectivity index (χ3n) is 24.7. The molecule has 43 nitrogen and oxygen atoms in total. The molecule has 3 aliphatic heterocycles. The van der Waals surface area contributed by atoms with E-state index < -0.39 is 222 Å². The minimum Gasteiger partial charge on any atom is -0.508 e. The molecule has 6 heterocycles. The molecule has 0 saturated carbocycles. The molecule has 744 valence electrons. The molecule has 6 aromatic rings. The predicted octanol–water partition coefficient (Wildman–Crippen LogP) is -1.81. The molecule has 23 N–H and O–H groups in total. The maximum atomic E-state index is 15.9. The Morgan fingerprint density at radius 3 is 1.89 bits per heavy atom. The molecule has 9 rings (SSSR count). The van der Waals surface area contributed by atoms with Crippen molar-refractivity contribution >= 4 is 151 Å². The number of thioether (sulfide) groups is 1. The number of nitrogens with two attached hydrogens (primary N) is 3. The van der Waals surface area contributed by atoms with Gasteiger partial charge in [-0.1, -0.05) is 102 Å². The van der Waals surface area contributed by atoms with Gasteiger partial charge in [-0.2, -0.15) is 0 Å². The van der Waals surface area contributed by atoms with E-state index in [1.807, 2.05) is 32.0 Å². The van der Waals surface area contributed by atoms with Gasteiger partial charge < -0.3 is 120 Å². The summed E-state index contributed by atoms with van der Waals surface area (Å²) >= 11 is 2.07. The van der Waals surface area contributed by atoms with Crippen LogP contribution in [0.4, 0.5) is 0 Å². The van der Waals surface area contributed by atoms with Crippen LogP contribution < -0.4 is 75.7 Å². The van der Waals surface area contributed by atoms with Gasteiger partial charge in [-0.3, -0.25) is 92.2 Å². The number of aldehydes is 1. The Kier molecular flexibility index (Phi) is 40.1. The van der Waals surface area contributed by atoms with Gasteiger partial charge in [-0.05, 0) is 129 Å². The summed E-state index contributed by atoms with van der Waals surface area (Å²) in [5.41, 5.74) is 17.3. The molecule has 3 saturated heterocycles. The lowest BCUT2D eigenvalue weighted by molar-refractivity contribution is -0.149. The van der Waals surface area contributed by atoms with Gasteiger partial charge in [0.25, 0.3) is 0 Å². The van der Waals surface area contributed by atoms with Crippen molar-refractivity contribution in [2.24, 2.45) is 23.1 Å². The summed E-state index contributed by atoms with van der Waals surface area (Å²) in [6.45, 7) is 6.13. The van der Waals surface area contributed by atoms with Crippen LogP contribution in [-0.4, -0.2) is 317 Å². The van der Waals surface area contributed by atoms with Crippen LogP contribution in [0.2, 0.25) is 0 Å². The lowest BCUT2D eigenvalue weighted by Crippen LogP contribution is -2.67. The minimum atomic E-state index is -2.05. The molecule has 3 aromatic carbocycles. The van der Waals surface area contributed by atoms with Gasteiger partial charge in [0.2, 0.25) is 94.5 Å². The van der Waals surface area contributed by atoms with Gasteiger partial charge in [0.05, 0.1) is 37.8 Å². The molecule has 0 bridgehead atoms. The molecular formula is C92H129N23O20S2. The third-order valence-corrected chi connectivity index (χ3v) is 26.8. The molecule has 15 atom stereocenters. The molecule has 3 fully saturated rings. The Hall–Kier alpha value is -13.1. The van der Waals surface area contributed by atoms with Crippen LogP contribution in [0, 0.1) is 11.3 Å². The average molecular weight is 1940 g/mol. The number of aromatic amines is 2. The van der Waals surface area contributed by atoms with Crippen LogP contribution in [0.25, 0.3) is 21.0 Å². The number of likely N-dealkylation sites (N-methyl/N-ethyl adjacent to an activating group) is 3. The van der Waals surface area contributed by atoms with Gasteiger partial charge in [0, 0.05) is 99.5 Å². The number of hydrogen-bond acceptors (Lipinski definition) is 25. The van der Waals surface area contributed by atoms with Crippen molar-refractivity contribution < 1.29 is 96.8 Å². The first-order chi connectivity index (χ1) is 65.3. The van der Waals surface area contributed by atoms with E-state index >= 15 is 38.4 Å². The number of unbranched alkanes of at least 4 members (excludes halogenated alkanes) is 2. The number of aliphatic hydroxyl groups is 2. The summed E-state index contributed by atoms with van der Waals surface area (Å²) in [5.74, 6) is -17.4. The number of amides is 16. The Labute approximate surface area is 800 Å². The van der Waals surface area contributed by atoms with Crippen molar-refractivity contribution in [2.45, 2.75) is 240 Å². The summed E-state index contributed by atoms with van der Waals surface area (Å²) in [6.07, 6.45) is 4.41. The summed E-state index contributed by atoms with van der Waals surface area (Å²) in [6, 6.07) is -2.19. The molecule has 0 radical (unpaired) electrons. The molecule has 2 unspecified atom stereocenters. The first-order valence-electron chi connectivity index (χ1n) is 45.9. The fourth-order valence-corrected chi connectivity index (χ4v) is 18.9. The highest BCUT2D eigenvalue weighted by Gasteiger charge is 2.50. The van der Waals surface area contributed by atoms with E-state index in [0.29, 0.717) is 82.4 Å². The fraction of sp³-hybridized carbons (Fsp3) is 0.533. The van der Waals surface area contributed by atoms with E-state index in [1.54, 1.807) is 55.8 Å². The number of nitrogens with zero attached hydrogens (tertiary/aromatic N) is 6. The van der Waals surface area contributed by atoms with E-state index in [0.717, 1.165) is 24.3 Å². The second-order valence-corrected chi connectivity index (χ2v) is 37.2. The predicted molar refractivity (Wildman–Crippen MR) is 508 cm³/mol. The van der Waals surface area contributed by atoms with E-state index in [4.69, 9.17) is 22.6 Å². The number of carbonyl (C=O) groups excluding carboxylic acids is 17.